The van der Waals surface area contributed by atoms with E-state index in [1.165, 1.54) is 43.5 Å². The van der Waals surface area contributed by atoms with Gasteiger partial charge in [-0.1, -0.05) is 6.42 Å². The smallest absolute Gasteiger partial charge is 0.323 e. The van der Waals surface area contributed by atoms with Crippen molar-refractivity contribution in [2.45, 2.75) is 32.2 Å². The molecular formula is C19H19FN4O. The molecule has 6 heteroatoms. The molecular weight excluding hydrogens is 319 g/mol. The van der Waals surface area contributed by atoms with Crippen LogP contribution in [0.25, 0.3) is 11.0 Å². The zero-order valence-corrected chi connectivity index (χ0v) is 13.8. The Hall–Kier alpha value is -2.89. The minimum Gasteiger partial charge on any atom is -0.328 e. The molecule has 3 aromatic rings. The molecule has 0 bridgehead atoms. The number of aromatic nitrogens is 2. The molecule has 0 aliphatic carbocycles. The molecule has 0 fully saturated rings. The van der Waals surface area contributed by atoms with E-state index in [4.69, 9.17) is 4.98 Å². The van der Waals surface area contributed by atoms with Crippen LogP contribution in [0.3, 0.4) is 0 Å². The standard InChI is InChI=1S/C19H19FN4O/c20-13-5-7-14(8-6-13)21-19(25)22-15-9-10-17-16(12-15)23-18-4-2-1-3-11-24(17)18/h5-10,12H,1-4,11H2,(H2,21,22,25). The molecule has 25 heavy (non-hydrogen) atoms. The summed E-state index contributed by atoms with van der Waals surface area (Å²) in [4.78, 5) is 16.8. The molecule has 1 aromatic heterocycles. The van der Waals surface area contributed by atoms with Crippen LogP contribution in [-0.2, 0) is 13.0 Å². The predicted molar refractivity (Wildman–Crippen MR) is 96.3 cm³/mol. The number of hydrogen-bond acceptors (Lipinski definition) is 2. The maximum Gasteiger partial charge on any atom is 0.323 e. The summed E-state index contributed by atoms with van der Waals surface area (Å²) >= 11 is 0. The maximum atomic E-state index is 12.9. The van der Waals surface area contributed by atoms with Crippen LogP contribution in [0.1, 0.15) is 25.1 Å². The number of nitrogens with one attached hydrogen (secondary N) is 2. The number of halogens is 1. The minimum atomic E-state index is -0.369. The number of hydrogen-bond donors (Lipinski definition) is 2. The van der Waals surface area contributed by atoms with Crippen LogP contribution in [0.5, 0.6) is 0 Å². The molecule has 0 unspecified atom stereocenters. The Morgan fingerprint density at radius 1 is 1.00 bits per heavy atom. The van der Waals surface area contributed by atoms with Crippen molar-refractivity contribution in [3.63, 3.8) is 0 Å². The second-order valence-corrected chi connectivity index (χ2v) is 6.28. The Kier molecular flexibility index (Phi) is 4.09. The molecule has 1 aliphatic rings. The highest BCUT2D eigenvalue weighted by Crippen LogP contribution is 2.24. The number of carbonyl (C=O) groups excluding carboxylic acids is 1. The summed E-state index contributed by atoms with van der Waals surface area (Å²) in [6, 6.07) is 11.1. The number of amides is 2. The Labute approximate surface area is 144 Å². The minimum absolute atomic E-state index is 0.337. The molecule has 0 saturated heterocycles. The lowest BCUT2D eigenvalue weighted by Crippen LogP contribution is -2.19. The van der Waals surface area contributed by atoms with Gasteiger partial charge in [0.1, 0.15) is 11.6 Å². The number of aryl methyl sites for hydroxylation is 2. The van der Waals surface area contributed by atoms with Gasteiger partial charge in [0.15, 0.2) is 0 Å². The van der Waals surface area contributed by atoms with Crippen LogP contribution >= 0.6 is 0 Å². The van der Waals surface area contributed by atoms with Crippen LogP contribution in [0.2, 0.25) is 0 Å². The van der Waals surface area contributed by atoms with E-state index < -0.39 is 0 Å². The average Bonchev–Trinajstić information content (AvgIpc) is 2.77. The molecule has 0 saturated carbocycles. The van der Waals surface area contributed by atoms with Crippen molar-refractivity contribution in [3.05, 3.63) is 54.1 Å². The summed E-state index contributed by atoms with van der Waals surface area (Å²) < 4.78 is 15.2. The predicted octanol–water partition coefficient (Wildman–Crippen LogP) is 4.55. The molecule has 128 valence electrons. The molecule has 2 aromatic carbocycles. The second-order valence-electron chi connectivity index (χ2n) is 6.28. The van der Waals surface area contributed by atoms with Crippen molar-refractivity contribution in [1.82, 2.24) is 9.55 Å². The third-order valence-corrected chi connectivity index (χ3v) is 4.47. The van der Waals surface area contributed by atoms with Gasteiger partial charge >= 0.3 is 6.03 Å². The van der Waals surface area contributed by atoms with Gasteiger partial charge in [-0.2, -0.15) is 0 Å². The summed E-state index contributed by atoms with van der Waals surface area (Å²) in [5.74, 6) is 0.788. The maximum absolute atomic E-state index is 12.9. The summed E-state index contributed by atoms with van der Waals surface area (Å²) in [7, 11) is 0. The van der Waals surface area contributed by atoms with E-state index in [1.54, 1.807) is 0 Å². The fourth-order valence-corrected chi connectivity index (χ4v) is 3.25. The van der Waals surface area contributed by atoms with Crippen LogP contribution in [-0.4, -0.2) is 15.6 Å². The zero-order chi connectivity index (χ0) is 17.2. The van der Waals surface area contributed by atoms with Crippen molar-refractivity contribution >= 4 is 28.4 Å². The topological polar surface area (TPSA) is 59.0 Å². The van der Waals surface area contributed by atoms with Crippen molar-refractivity contribution in [3.8, 4) is 0 Å². The van der Waals surface area contributed by atoms with E-state index in [2.05, 4.69) is 15.2 Å². The highest BCUT2D eigenvalue weighted by Gasteiger charge is 2.14. The number of rotatable bonds is 2. The molecule has 4 rings (SSSR count). The van der Waals surface area contributed by atoms with Gasteiger partial charge in [-0.25, -0.2) is 14.2 Å². The highest BCUT2D eigenvalue weighted by molar-refractivity contribution is 6.00. The first-order valence-electron chi connectivity index (χ1n) is 8.52. The van der Waals surface area contributed by atoms with Crippen molar-refractivity contribution in [2.75, 3.05) is 10.6 Å². The molecule has 2 amide bonds. The van der Waals surface area contributed by atoms with E-state index in [9.17, 15) is 9.18 Å². The van der Waals surface area contributed by atoms with Crippen molar-refractivity contribution in [1.29, 1.82) is 0 Å². The lowest BCUT2D eigenvalue weighted by molar-refractivity contribution is 0.262. The van der Waals surface area contributed by atoms with Crippen molar-refractivity contribution < 1.29 is 9.18 Å². The van der Waals surface area contributed by atoms with Gasteiger partial charge in [-0.15, -0.1) is 0 Å². The first kappa shape index (κ1) is 15.6. The van der Waals surface area contributed by atoms with Gasteiger partial charge in [-0.05, 0) is 55.3 Å². The van der Waals surface area contributed by atoms with Gasteiger partial charge < -0.3 is 15.2 Å². The van der Waals surface area contributed by atoms with Gasteiger partial charge in [-0.3, -0.25) is 0 Å². The summed E-state index contributed by atoms with van der Waals surface area (Å²) in [6.07, 6.45) is 4.60. The van der Waals surface area contributed by atoms with Gasteiger partial charge in [0.05, 0.1) is 11.0 Å². The van der Waals surface area contributed by atoms with Gasteiger partial charge in [0, 0.05) is 24.3 Å². The van der Waals surface area contributed by atoms with E-state index in [-0.39, 0.29) is 11.8 Å². The lowest BCUT2D eigenvalue weighted by atomic mass is 10.2. The van der Waals surface area contributed by atoms with Crippen LogP contribution in [0.15, 0.2) is 42.5 Å². The number of fused-ring (bicyclic) bond motifs is 3. The monoisotopic (exact) mass is 338 g/mol. The van der Waals surface area contributed by atoms with E-state index in [1.807, 2.05) is 18.2 Å². The largest absolute Gasteiger partial charge is 0.328 e. The number of anilines is 2. The van der Waals surface area contributed by atoms with E-state index in [0.717, 1.165) is 29.8 Å². The van der Waals surface area contributed by atoms with E-state index in [0.29, 0.717) is 11.4 Å². The zero-order valence-electron chi connectivity index (χ0n) is 13.8. The molecule has 2 heterocycles. The number of imidazole rings is 1. The molecule has 5 nitrogen and oxygen atoms in total. The fourth-order valence-electron chi connectivity index (χ4n) is 3.25. The summed E-state index contributed by atoms with van der Waals surface area (Å²) in [6.45, 7) is 1.00. The van der Waals surface area contributed by atoms with Crippen LogP contribution in [0, 0.1) is 5.82 Å². The Morgan fingerprint density at radius 3 is 2.60 bits per heavy atom. The molecule has 2 N–H and O–H groups in total. The second kappa shape index (κ2) is 6.55. The van der Waals surface area contributed by atoms with Gasteiger partial charge in [0.2, 0.25) is 0 Å². The molecule has 0 spiro atoms. The Bertz CT molecular complexity index is 917. The quantitative estimate of drug-likeness (QED) is 0.720. The summed E-state index contributed by atoms with van der Waals surface area (Å²) in [5, 5.41) is 5.48. The first-order valence-corrected chi connectivity index (χ1v) is 8.52. The normalized spacial score (nSPS) is 14.0. The third kappa shape index (κ3) is 3.33. The Morgan fingerprint density at radius 2 is 1.76 bits per heavy atom. The number of urea groups is 1. The average molecular weight is 338 g/mol. The fraction of sp³-hybridized carbons (Fsp3) is 0.263. The van der Waals surface area contributed by atoms with Crippen LogP contribution in [0.4, 0.5) is 20.6 Å². The lowest BCUT2D eigenvalue weighted by Gasteiger charge is -2.08. The van der Waals surface area contributed by atoms with E-state index >= 15 is 0 Å². The first-order chi connectivity index (χ1) is 12.2. The molecule has 1 aliphatic heterocycles. The summed E-state index contributed by atoms with van der Waals surface area (Å²) in [5.41, 5.74) is 3.23. The molecule has 0 atom stereocenters. The van der Waals surface area contributed by atoms with Crippen LogP contribution < -0.4 is 10.6 Å². The van der Waals surface area contributed by atoms with Crippen molar-refractivity contribution in [2.24, 2.45) is 0 Å². The highest BCUT2D eigenvalue weighted by atomic mass is 19.1. The van der Waals surface area contributed by atoms with Gasteiger partial charge in [0.25, 0.3) is 0 Å². The third-order valence-electron chi connectivity index (χ3n) is 4.47. The number of carbonyl (C=O) groups is 1. The Balaban J connectivity index is 1.51. The number of benzene rings is 2. The molecule has 0 radical (unpaired) electrons. The SMILES string of the molecule is O=C(Nc1ccc(F)cc1)Nc1ccc2c(c1)nc1n2CCCCC1. The number of nitrogens with zero attached hydrogens (tertiary/aromatic N) is 2.